The van der Waals surface area contributed by atoms with Crippen LogP contribution in [0.3, 0.4) is 0 Å². The van der Waals surface area contributed by atoms with Gasteiger partial charge in [-0.3, -0.25) is 0 Å². The van der Waals surface area contributed by atoms with Gasteiger partial charge in [0, 0.05) is 12.6 Å². The maximum absolute atomic E-state index is 5.34. The highest BCUT2D eigenvalue weighted by Crippen LogP contribution is 1.74. The van der Waals surface area contributed by atoms with Crippen LogP contribution in [0.15, 0.2) is 12.2 Å². The third-order valence-corrected chi connectivity index (χ3v) is 0.576. The lowest BCUT2D eigenvalue weighted by molar-refractivity contribution is 0.920. The molecule has 0 aliphatic heterocycles. The summed E-state index contributed by atoms with van der Waals surface area (Å²) in [4.78, 5) is 0. The smallest absolute Gasteiger partial charge is 0.0195 e. The van der Waals surface area contributed by atoms with E-state index < -0.39 is 0 Å². The average molecular weight is 100 g/mol. The van der Waals surface area contributed by atoms with Crippen LogP contribution in [-0.2, 0) is 0 Å². The Morgan fingerprint density at radius 1 is 1.71 bits per heavy atom. The van der Waals surface area contributed by atoms with Gasteiger partial charge in [-0.25, -0.2) is 0 Å². The molecule has 0 aliphatic carbocycles. The van der Waals surface area contributed by atoms with E-state index in [0.29, 0.717) is 6.54 Å². The van der Waals surface area contributed by atoms with Gasteiger partial charge in [0.05, 0.1) is 0 Å². The summed E-state index contributed by atoms with van der Waals surface area (Å²) in [5.74, 6) is 0. The molecular formula is C5H12N2. The highest BCUT2D eigenvalue weighted by molar-refractivity contribution is 4.88. The molecule has 0 saturated carbocycles. The molecule has 0 aliphatic rings. The molecule has 0 rings (SSSR count). The van der Waals surface area contributed by atoms with Crippen molar-refractivity contribution in [1.29, 1.82) is 0 Å². The summed E-state index contributed by atoms with van der Waals surface area (Å²) >= 11 is 0. The Morgan fingerprint density at radius 2 is 2.29 bits per heavy atom. The Bertz CT molecular complexity index is 57.1. The van der Waals surface area contributed by atoms with Crippen LogP contribution in [0.5, 0.6) is 0 Å². The molecule has 1 unspecified atom stereocenters. The van der Waals surface area contributed by atoms with E-state index in [9.17, 15) is 0 Å². The Balaban J connectivity index is 3.08. The fourth-order valence-electron chi connectivity index (χ4n) is 0.293. The molecule has 0 spiro atoms. The third kappa shape index (κ3) is 5.66. The lowest BCUT2D eigenvalue weighted by Gasteiger charge is -1.90. The van der Waals surface area contributed by atoms with Crippen LogP contribution in [-0.4, -0.2) is 12.6 Å². The van der Waals surface area contributed by atoms with Gasteiger partial charge in [0.2, 0.25) is 0 Å². The minimum atomic E-state index is 0.142. The van der Waals surface area contributed by atoms with Crippen molar-refractivity contribution >= 4 is 0 Å². The van der Waals surface area contributed by atoms with Crippen molar-refractivity contribution in [3.8, 4) is 0 Å². The van der Waals surface area contributed by atoms with Crippen LogP contribution in [0.2, 0.25) is 0 Å². The van der Waals surface area contributed by atoms with E-state index in [2.05, 4.69) is 0 Å². The molecule has 1 atom stereocenters. The zero-order chi connectivity index (χ0) is 5.70. The topological polar surface area (TPSA) is 52.0 Å². The van der Waals surface area contributed by atoms with Crippen molar-refractivity contribution < 1.29 is 0 Å². The number of hydrogen-bond acceptors (Lipinski definition) is 2. The van der Waals surface area contributed by atoms with E-state index in [1.165, 1.54) is 0 Å². The third-order valence-electron chi connectivity index (χ3n) is 0.576. The van der Waals surface area contributed by atoms with Crippen LogP contribution >= 0.6 is 0 Å². The highest BCUT2D eigenvalue weighted by Gasteiger charge is 1.78. The van der Waals surface area contributed by atoms with Crippen molar-refractivity contribution in [1.82, 2.24) is 0 Å². The molecule has 0 heterocycles. The second-order valence-electron chi connectivity index (χ2n) is 1.52. The number of hydrogen-bond donors (Lipinski definition) is 2. The standard InChI is InChI=1S/C5H12N2/c1-5(7)3-2-4-6/h2-3,5H,4,6-7H2,1H3/b3-2+. The van der Waals surface area contributed by atoms with E-state index in [-0.39, 0.29) is 6.04 Å². The summed E-state index contributed by atoms with van der Waals surface area (Å²) in [6.07, 6.45) is 3.73. The molecule has 0 saturated heterocycles. The first-order chi connectivity index (χ1) is 3.27. The average Bonchev–Trinajstić information content (AvgIpc) is 1.61. The van der Waals surface area contributed by atoms with Gasteiger partial charge in [-0.05, 0) is 6.92 Å². The van der Waals surface area contributed by atoms with E-state index >= 15 is 0 Å². The first kappa shape index (κ1) is 6.66. The lowest BCUT2D eigenvalue weighted by Crippen LogP contribution is -2.11. The predicted octanol–water partition coefficient (Wildman–Crippen LogP) is -0.151. The van der Waals surface area contributed by atoms with Crippen LogP contribution in [0.25, 0.3) is 0 Å². The normalized spacial score (nSPS) is 15.3. The Kier molecular flexibility index (Phi) is 3.65. The SMILES string of the molecule is CC(N)/C=C/CN. The quantitative estimate of drug-likeness (QED) is 0.474. The molecule has 0 amide bonds. The van der Waals surface area contributed by atoms with Gasteiger partial charge >= 0.3 is 0 Å². The molecule has 0 bridgehead atoms. The molecular weight excluding hydrogens is 88.1 g/mol. The van der Waals surface area contributed by atoms with Gasteiger partial charge < -0.3 is 11.5 Å². The lowest BCUT2D eigenvalue weighted by atomic mass is 10.3. The van der Waals surface area contributed by atoms with Crippen molar-refractivity contribution in [3.05, 3.63) is 12.2 Å². The van der Waals surface area contributed by atoms with Crippen LogP contribution in [0.1, 0.15) is 6.92 Å². The molecule has 7 heavy (non-hydrogen) atoms. The highest BCUT2D eigenvalue weighted by atomic mass is 14.6. The van der Waals surface area contributed by atoms with Crippen molar-refractivity contribution in [2.75, 3.05) is 6.54 Å². The second kappa shape index (κ2) is 3.84. The number of rotatable bonds is 2. The van der Waals surface area contributed by atoms with Gasteiger partial charge in [0.1, 0.15) is 0 Å². The van der Waals surface area contributed by atoms with E-state index in [1.807, 2.05) is 19.1 Å². The summed E-state index contributed by atoms with van der Waals surface area (Å²) < 4.78 is 0. The molecule has 0 radical (unpaired) electrons. The zero-order valence-electron chi connectivity index (χ0n) is 4.59. The summed E-state index contributed by atoms with van der Waals surface area (Å²) in [5, 5.41) is 0. The van der Waals surface area contributed by atoms with Crippen molar-refractivity contribution in [2.24, 2.45) is 11.5 Å². The maximum atomic E-state index is 5.34. The van der Waals surface area contributed by atoms with Crippen molar-refractivity contribution in [3.63, 3.8) is 0 Å². The first-order valence-corrected chi connectivity index (χ1v) is 2.39. The summed E-state index contributed by atoms with van der Waals surface area (Å²) in [6.45, 7) is 2.49. The van der Waals surface area contributed by atoms with Gasteiger partial charge in [0.15, 0.2) is 0 Å². The molecule has 2 nitrogen and oxygen atoms in total. The largest absolute Gasteiger partial charge is 0.327 e. The molecule has 42 valence electrons. The van der Waals surface area contributed by atoms with Gasteiger partial charge in [-0.15, -0.1) is 0 Å². The Hall–Kier alpha value is -0.340. The van der Waals surface area contributed by atoms with Gasteiger partial charge in [0.25, 0.3) is 0 Å². The summed E-state index contributed by atoms with van der Waals surface area (Å²) in [5.41, 5.74) is 10.5. The molecule has 0 aromatic heterocycles. The minimum absolute atomic E-state index is 0.142. The minimum Gasteiger partial charge on any atom is -0.327 e. The molecule has 0 fully saturated rings. The molecule has 0 aromatic rings. The van der Waals surface area contributed by atoms with Gasteiger partial charge in [-0.1, -0.05) is 12.2 Å². The Morgan fingerprint density at radius 3 is 2.43 bits per heavy atom. The Labute approximate surface area is 44.2 Å². The predicted molar refractivity (Wildman–Crippen MR) is 31.8 cm³/mol. The van der Waals surface area contributed by atoms with Gasteiger partial charge in [-0.2, -0.15) is 0 Å². The number of nitrogens with two attached hydrogens (primary N) is 2. The van der Waals surface area contributed by atoms with Crippen LogP contribution in [0.4, 0.5) is 0 Å². The first-order valence-electron chi connectivity index (χ1n) is 2.39. The summed E-state index contributed by atoms with van der Waals surface area (Å²) in [7, 11) is 0. The van der Waals surface area contributed by atoms with Crippen LogP contribution in [0, 0.1) is 0 Å². The molecule has 2 heteroatoms. The summed E-state index contributed by atoms with van der Waals surface area (Å²) in [6, 6.07) is 0.142. The molecule has 4 N–H and O–H groups in total. The fourth-order valence-corrected chi connectivity index (χ4v) is 0.293. The van der Waals surface area contributed by atoms with Crippen LogP contribution < -0.4 is 11.5 Å². The van der Waals surface area contributed by atoms with E-state index in [0.717, 1.165) is 0 Å². The monoisotopic (exact) mass is 100 g/mol. The molecule has 0 aromatic carbocycles. The fraction of sp³-hybridized carbons (Fsp3) is 0.600. The van der Waals surface area contributed by atoms with E-state index in [1.54, 1.807) is 0 Å². The zero-order valence-corrected chi connectivity index (χ0v) is 4.59. The van der Waals surface area contributed by atoms with E-state index in [4.69, 9.17) is 11.5 Å². The van der Waals surface area contributed by atoms with Crippen molar-refractivity contribution in [2.45, 2.75) is 13.0 Å². The second-order valence-corrected chi connectivity index (χ2v) is 1.52. The maximum Gasteiger partial charge on any atom is 0.0195 e.